The van der Waals surface area contributed by atoms with Gasteiger partial charge in [-0.05, 0) is 32.1 Å². The summed E-state index contributed by atoms with van der Waals surface area (Å²) in [4.78, 5) is 25.3. The summed E-state index contributed by atoms with van der Waals surface area (Å²) in [5.74, 6) is 0.0383. The van der Waals surface area contributed by atoms with Gasteiger partial charge in [-0.2, -0.15) is 0 Å². The Morgan fingerprint density at radius 3 is 2.22 bits per heavy atom. The molecule has 2 unspecified atom stereocenters. The molecule has 2 atom stereocenters. The van der Waals surface area contributed by atoms with Crippen molar-refractivity contribution < 1.29 is 9.59 Å². The number of hydrogen-bond donors (Lipinski definition) is 2. The predicted molar refractivity (Wildman–Crippen MR) is 68.4 cm³/mol. The first-order chi connectivity index (χ1) is 8.58. The van der Waals surface area contributed by atoms with Crippen LogP contribution in [0, 0.1) is 11.8 Å². The molecule has 1 saturated carbocycles. The van der Waals surface area contributed by atoms with Crippen molar-refractivity contribution in [1.82, 2.24) is 4.90 Å². The maximum absolute atomic E-state index is 12.3. The van der Waals surface area contributed by atoms with Gasteiger partial charge in [0, 0.05) is 31.0 Å². The summed E-state index contributed by atoms with van der Waals surface area (Å²) < 4.78 is 0. The number of nitrogens with zero attached hydrogens (tertiary/aromatic N) is 1. The highest BCUT2D eigenvalue weighted by atomic mass is 16.2. The normalized spacial score (nSPS) is 30.2. The third-order valence-electron chi connectivity index (χ3n) is 4.27. The van der Waals surface area contributed by atoms with Crippen LogP contribution >= 0.6 is 0 Å². The number of carbonyl (C=O) groups is 2. The van der Waals surface area contributed by atoms with Gasteiger partial charge in [0.2, 0.25) is 11.8 Å². The van der Waals surface area contributed by atoms with Gasteiger partial charge in [0.25, 0.3) is 0 Å². The molecule has 5 nitrogen and oxygen atoms in total. The zero-order valence-electron chi connectivity index (χ0n) is 10.8. The van der Waals surface area contributed by atoms with Gasteiger partial charge in [0.05, 0.1) is 0 Å². The van der Waals surface area contributed by atoms with Crippen LogP contribution in [0.4, 0.5) is 0 Å². The van der Waals surface area contributed by atoms with E-state index in [9.17, 15) is 9.59 Å². The van der Waals surface area contributed by atoms with E-state index >= 15 is 0 Å². The fraction of sp³-hybridized carbons (Fsp3) is 0.846. The van der Waals surface area contributed by atoms with Crippen molar-refractivity contribution in [2.24, 2.45) is 23.3 Å². The molecule has 0 aromatic heterocycles. The van der Waals surface area contributed by atoms with Crippen LogP contribution in [0.1, 0.15) is 38.5 Å². The quantitative estimate of drug-likeness (QED) is 0.738. The highest BCUT2D eigenvalue weighted by Gasteiger charge is 2.32. The third kappa shape index (κ3) is 3.02. The molecule has 1 heterocycles. The molecule has 1 aliphatic heterocycles. The van der Waals surface area contributed by atoms with E-state index in [1.54, 1.807) is 0 Å². The Hall–Kier alpha value is -1.10. The smallest absolute Gasteiger partial charge is 0.225 e. The van der Waals surface area contributed by atoms with Gasteiger partial charge in [-0.15, -0.1) is 0 Å². The van der Waals surface area contributed by atoms with Gasteiger partial charge >= 0.3 is 0 Å². The van der Waals surface area contributed by atoms with Crippen molar-refractivity contribution in [2.45, 2.75) is 44.6 Å². The molecule has 4 N–H and O–H groups in total. The summed E-state index contributed by atoms with van der Waals surface area (Å²) in [5.41, 5.74) is 11.2. The molecule has 0 aromatic rings. The summed E-state index contributed by atoms with van der Waals surface area (Å²) in [6, 6.07) is 0.177. The number of hydrogen-bond acceptors (Lipinski definition) is 3. The van der Waals surface area contributed by atoms with Crippen molar-refractivity contribution >= 4 is 11.8 Å². The lowest BCUT2D eigenvalue weighted by molar-refractivity contribution is -0.139. The lowest BCUT2D eigenvalue weighted by Gasteiger charge is -2.35. The minimum atomic E-state index is -0.234. The molecule has 1 saturated heterocycles. The summed E-state index contributed by atoms with van der Waals surface area (Å²) in [7, 11) is 0. The van der Waals surface area contributed by atoms with E-state index in [-0.39, 0.29) is 29.7 Å². The highest BCUT2D eigenvalue weighted by Crippen LogP contribution is 2.27. The maximum Gasteiger partial charge on any atom is 0.225 e. The molecule has 2 amide bonds. The monoisotopic (exact) mass is 253 g/mol. The lowest BCUT2D eigenvalue weighted by atomic mass is 9.84. The molecule has 2 rings (SSSR count). The maximum atomic E-state index is 12.3. The first-order valence-corrected chi connectivity index (χ1v) is 6.91. The fourth-order valence-corrected chi connectivity index (χ4v) is 3.09. The molecular weight excluding hydrogens is 230 g/mol. The zero-order valence-corrected chi connectivity index (χ0v) is 10.8. The van der Waals surface area contributed by atoms with E-state index in [0.717, 1.165) is 25.7 Å². The molecule has 102 valence electrons. The second-order valence-corrected chi connectivity index (χ2v) is 5.63. The van der Waals surface area contributed by atoms with Crippen LogP contribution < -0.4 is 11.5 Å². The van der Waals surface area contributed by atoms with Crippen molar-refractivity contribution in [1.29, 1.82) is 0 Å². The molecule has 5 heteroatoms. The Kier molecular flexibility index (Phi) is 4.22. The molecule has 2 fully saturated rings. The van der Waals surface area contributed by atoms with E-state index in [0.29, 0.717) is 25.9 Å². The fourth-order valence-electron chi connectivity index (χ4n) is 3.09. The van der Waals surface area contributed by atoms with Gasteiger partial charge in [-0.1, -0.05) is 6.42 Å². The van der Waals surface area contributed by atoms with Crippen molar-refractivity contribution in [2.75, 3.05) is 13.1 Å². The van der Waals surface area contributed by atoms with Gasteiger partial charge in [0.1, 0.15) is 0 Å². The van der Waals surface area contributed by atoms with Crippen LogP contribution in [-0.2, 0) is 9.59 Å². The number of rotatable bonds is 2. The molecule has 0 spiro atoms. The van der Waals surface area contributed by atoms with Crippen LogP contribution in [0.3, 0.4) is 0 Å². The second-order valence-electron chi connectivity index (χ2n) is 5.63. The van der Waals surface area contributed by atoms with Gasteiger partial charge in [0.15, 0.2) is 0 Å². The Morgan fingerprint density at radius 1 is 1.00 bits per heavy atom. The molecule has 0 bridgehead atoms. The summed E-state index contributed by atoms with van der Waals surface area (Å²) in [6.45, 7) is 1.33. The standard InChI is InChI=1S/C13H23N3O2/c14-11-3-1-2-10(8-11)13(18)16-6-4-9(5-7-16)12(15)17/h9-11H,1-8,14H2,(H2,15,17). The Balaban J connectivity index is 1.85. The summed E-state index contributed by atoms with van der Waals surface area (Å²) in [5, 5.41) is 0. The average Bonchev–Trinajstić information content (AvgIpc) is 2.38. The van der Waals surface area contributed by atoms with E-state index in [4.69, 9.17) is 11.5 Å². The topological polar surface area (TPSA) is 89.4 Å². The average molecular weight is 253 g/mol. The molecule has 18 heavy (non-hydrogen) atoms. The van der Waals surface area contributed by atoms with E-state index < -0.39 is 0 Å². The molecular formula is C13H23N3O2. The Labute approximate surface area is 108 Å². The minimum absolute atomic E-state index is 0.0531. The summed E-state index contributed by atoms with van der Waals surface area (Å²) >= 11 is 0. The molecule has 2 aliphatic rings. The van der Waals surface area contributed by atoms with Gasteiger partial charge in [-0.3, -0.25) is 9.59 Å². The van der Waals surface area contributed by atoms with Crippen molar-refractivity contribution in [3.05, 3.63) is 0 Å². The lowest BCUT2D eigenvalue weighted by Crippen LogP contribution is -2.46. The van der Waals surface area contributed by atoms with E-state index in [2.05, 4.69) is 0 Å². The van der Waals surface area contributed by atoms with E-state index in [1.165, 1.54) is 0 Å². The number of amides is 2. The van der Waals surface area contributed by atoms with Crippen LogP contribution in [-0.4, -0.2) is 35.8 Å². The van der Waals surface area contributed by atoms with E-state index in [1.807, 2.05) is 4.90 Å². The SMILES string of the molecule is NC(=O)C1CCN(C(=O)C2CCCC(N)C2)CC1. The Morgan fingerprint density at radius 2 is 1.67 bits per heavy atom. The van der Waals surface area contributed by atoms with Gasteiger partial charge < -0.3 is 16.4 Å². The van der Waals surface area contributed by atoms with Crippen LogP contribution in [0.25, 0.3) is 0 Å². The number of piperidine rings is 1. The minimum Gasteiger partial charge on any atom is -0.369 e. The second kappa shape index (κ2) is 5.69. The number of carbonyl (C=O) groups excluding carboxylic acids is 2. The number of likely N-dealkylation sites (tertiary alicyclic amines) is 1. The third-order valence-corrected chi connectivity index (χ3v) is 4.27. The number of primary amides is 1. The molecule has 0 radical (unpaired) electrons. The Bertz CT molecular complexity index is 324. The van der Waals surface area contributed by atoms with Crippen LogP contribution in [0.15, 0.2) is 0 Å². The molecule has 0 aromatic carbocycles. The van der Waals surface area contributed by atoms with Crippen LogP contribution in [0.5, 0.6) is 0 Å². The van der Waals surface area contributed by atoms with Crippen molar-refractivity contribution in [3.63, 3.8) is 0 Å². The summed E-state index contributed by atoms with van der Waals surface area (Å²) in [6.07, 6.45) is 5.28. The predicted octanol–water partition coefficient (Wildman–Crippen LogP) is 0.228. The largest absolute Gasteiger partial charge is 0.369 e. The first-order valence-electron chi connectivity index (χ1n) is 6.91. The highest BCUT2D eigenvalue weighted by molar-refractivity contribution is 5.80. The van der Waals surface area contributed by atoms with Gasteiger partial charge in [-0.25, -0.2) is 0 Å². The van der Waals surface area contributed by atoms with Crippen LogP contribution in [0.2, 0.25) is 0 Å². The van der Waals surface area contributed by atoms with Crippen molar-refractivity contribution in [3.8, 4) is 0 Å². The first kappa shape index (κ1) is 13.3. The zero-order chi connectivity index (χ0) is 13.1. The molecule has 1 aliphatic carbocycles. The number of nitrogens with two attached hydrogens (primary N) is 2.